The molecule has 1 atom stereocenters. The van der Waals surface area contributed by atoms with E-state index in [1.165, 1.54) is 25.9 Å². The van der Waals surface area contributed by atoms with E-state index in [1.807, 2.05) is 18.2 Å². The Labute approximate surface area is 125 Å². The van der Waals surface area contributed by atoms with Crippen molar-refractivity contribution >= 4 is 11.6 Å². The Morgan fingerprint density at radius 1 is 1.30 bits per heavy atom. The molecule has 1 aliphatic carbocycles. The molecule has 1 N–H and O–H groups in total. The summed E-state index contributed by atoms with van der Waals surface area (Å²) in [4.78, 5) is 2.41. The third kappa shape index (κ3) is 3.66. The third-order valence-corrected chi connectivity index (χ3v) is 4.37. The number of halogens is 1. The number of hydrogen-bond acceptors (Lipinski definition) is 3. The molecule has 1 heterocycles. The van der Waals surface area contributed by atoms with E-state index < -0.39 is 6.10 Å². The Balaban J connectivity index is 1.56. The molecule has 2 fully saturated rings. The first-order valence-corrected chi connectivity index (χ1v) is 7.97. The van der Waals surface area contributed by atoms with Gasteiger partial charge < -0.3 is 14.7 Å². The second kappa shape index (κ2) is 6.33. The largest absolute Gasteiger partial charge is 0.489 e. The molecule has 3 rings (SSSR count). The minimum absolute atomic E-state index is 0.346. The van der Waals surface area contributed by atoms with Gasteiger partial charge in [-0.15, -0.1) is 0 Å². The standard InChI is InChI=1S/C16H22ClNO2/c17-14-11-12(3-6-16(14)20-13-4-5-13)15(19)7-10-18-8-1-2-9-18/h3,6,11,13,15,19H,1-2,4-5,7-10H2/t15-/m1/s1. The van der Waals surface area contributed by atoms with Crippen LogP contribution in [0.25, 0.3) is 0 Å². The van der Waals surface area contributed by atoms with E-state index in [-0.39, 0.29) is 0 Å². The third-order valence-electron chi connectivity index (χ3n) is 4.08. The molecule has 0 bridgehead atoms. The van der Waals surface area contributed by atoms with Crippen molar-refractivity contribution in [1.29, 1.82) is 0 Å². The number of nitrogens with zero attached hydrogens (tertiary/aromatic N) is 1. The number of hydrogen-bond donors (Lipinski definition) is 1. The van der Waals surface area contributed by atoms with Crippen molar-refractivity contribution in [3.8, 4) is 5.75 Å². The molecule has 0 aromatic heterocycles. The summed E-state index contributed by atoms with van der Waals surface area (Å²) in [6.45, 7) is 3.29. The second-order valence-electron chi connectivity index (χ2n) is 5.86. The molecule has 0 amide bonds. The van der Waals surface area contributed by atoms with Gasteiger partial charge in [0.15, 0.2) is 0 Å². The lowest BCUT2D eigenvalue weighted by Gasteiger charge is -2.18. The second-order valence-corrected chi connectivity index (χ2v) is 6.27. The molecule has 1 aliphatic heterocycles. The van der Waals surface area contributed by atoms with Gasteiger partial charge in [0, 0.05) is 6.54 Å². The molecule has 3 nitrogen and oxygen atoms in total. The maximum absolute atomic E-state index is 10.3. The molecule has 2 aliphatic rings. The van der Waals surface area contributed by atoms with Crippen LogP contribution in [0, 0.1) is 0 Å². The molecule has 1 aromatic carbocycles. The fraction of sp³-hybridized carbons (Fsp3) is 0.625. The number of benzene rings is 1. The monoisotopic (exact) mass is 295 g/mol. The summed E-state index contributed by atoms with van der Waals surface area (Å²) < 4.78 is 5.71. The summed E-state index contributed by atoms with van der Waals surface area (Å²) in [7, 11) is 0. The molecule has 1 aromatic rings. The first kappa shape index (κ1) is 14.2. The zero-order valence-electron chi connectivity index (χ0n) is 11.7. The molecular formula is C16H22ClNO2. The van der Waals surface area contributed by atoms with Crippen LogP contribution in [0.4, 0.5) is 0 Å². The molecule has 0 radical (unpaired) electrons. The molecule has 0 unspecified atom stereocenters. The lowest BCUT2D eigenvalue weighted by molar-refractivity contribution is 0.149. The number of aliphatic hydroxyl groups is 1. The summed E-state index contributed by atoms with van der Waals surface area (Å²) in [5, 5.41) is 10.9. The van der Waals surface area contributed by atoms with Crippen molar-refractivity contribution in [3.63, 3.8) is 0 Å². The normalized spacial score (nSPS) is 21.1. The molecular weight excluding hydrogens is 274 g/mol. The van der Waals surface area contributed by atoms with E-state index in [9.17, 15) is 5.11 Å². The molecule has 110 valence electrons. The van der Waals surface area contributed by atoms with Crippen LogP contribution in [-0.4, -0.2) is 35.7 Å². The molecule has 1 saturated heterocycles. The molecule has 20 heavy (non-hydrogen) atoms. The fourth-order valence-electron chi connectivity index (χ4n) is 2.66. The Hall–Kier alpha value is -0.770. The van der Waals surface area contributed by atoms with E-state index in [1.54, 1.807) is 0 Å². The highest BCUT2D eigenvalue weighted by Crippen LogP contribution is 2.34. The van der Waals surface area contributed by atoms with Crippen LogP contribution in [0.2, 0.25) is 5.02 Å². The van der Waals surface area contributed by atoms with E-state index >= 15 is 0 Å². The van der Waals surface area contributed by atoms with Gasteiger partial charge in [0.2, 0.25) is 0 Å². The van der Waals surface area contributed by atoms with Gasteiger partial charge in [-0.3, -0.25) is 0 Å². The van der Waals surface area contributed by atoms with Gasteiger partial charge in [-0.2, -0.15) is 0 Å². The van der Waals surface area contributed by atoms with Crippen LogP contribution < -0.4 is 4.74 Å². The van der Waals surface area contributed by atoms with Gasteiger partial charge in [0.25, 0.3) is 0 Å². The first-order chi connectivity index (χ1) is 9.72. The van der Waals surface area contributed by atoms with Crippen LogP contribution in [0.5, 0.6) is 5.75 Å². The van der Waals surface area contributed by atoms with Crippen molar-refractivity contribution in [2.45, 2.75) is 44.3 Å². The van der Waals surface area contributed by atoms with E-state index in [2.05, 4.69) is 4.90 Å². The average Bonchev–Trinajstić information content (AvgIpc) is 3.11. The highest BCUT2D eigenvalue weighted by atomic mass is 35.5. The van der Waals surface area contributed by atoms with Gasteiger partial charge in [-0.05, 0) is 62.9 Å². The van der Waals surface area contributed by atoms with Gasteiger partial charge in [-0.25, -0.2) is 0 Å². The minimum Gasteiger partial charge on any atom is -0.489 e. The van der Waals surface area contributed by atoms with Crippen molar-refractivity contribution in [1.82, 2.24) is 4.90 Å². The Kier molecular flexibility index (Phi) is 4.49. The summed E-state index contributed by atoms with van der Waals surface area (Å²) in [6, 6.07) is 5.65. The Morgan fingerprint density at radius 2 is 2.05 bits per heavy atom. The van der Waals surface area contributed by atoms with Crippen LogP contribution in [-0.2, 0) is 0 Å². The van der Waals surface area contributed by atoms with Crippen LogP contribution in [0.15, 0.2) is 18.2 Å². The lowest BCUT2D eigenvalue weighted by Crippen LogP contribution is -2.22. The van der Waals surface area contributed by atoms with Gasteiger partial charge >= 0.3 is 0 Å². The Morgan fingerprint density at radius 3 is 2.70 bits per heavy atom. The zero-order chi connectivity index (χ0) is 13.9. The molecule has 4 heteroatoms. The van der Waals surface area contributed by atoms with Gasteiger partial charge in [-0.1, -0.05) is 17.7 Å². The highest BCUT2D eigenvalue weighted by Gasteiger charge is 2.24. The van der Waals surface area contributed by atoms with E-state index in [0.29, 0.717) is 11.1 Å². The zero-order valence-corrected chi connectivity index (χ0v) is 12.5. The quantitative estimate of drug-likeness (QED) is 0.873. The van der Waals surface area contributed by atoms with Crippen molar-refractivity contribution < 1.29 is 9.84 Å². The highest BCUT2D eigenvalue weighted by molar-refractivity contribution is 6.32. The predicted molar refractivity (Wildman–Crippen MR) is 80.4 cm³/mol. The van der Waals surface area contributed by atoms with Crippen LogP contribution >= 0.6 is 11.6 Å². The predicted octanol–water partition coefficient (Wildman–Crippen LogP) is 3.40. The van der Waals surface area contributed by atoms with Crippen molar-refractivity contribution in [3.05, 3.63) is 28.8 Å². The van der Waals surface area contributed by atoms with Gasteiger partial charge in [0.05, 0.1) is 17.2 Å². The van der Waals surface area contributed by atoms with E-state index in [0.717, 1.165) is 37.1 Å². The topological polar surface area (TPSA) is 32.7 Å². The summed E-state index contributed by atoms with van der Waals surface area (Å²) in [6.07, 6.45) is 5.48. The SMILES string of the molecule is O[C@H](CCN1CCCC1)c1ccc(OC2CC2)c(Cl)c1. The molecule has 1 saturated carbocycles. The smallest absolute Gasteiger partial charge is 0.138 e. The summed E-state index contributed by atoms with van der Waals surface area (Å²) in [5.74, 6) is 0.740. The minimum atomic E-state index is -0.442. The summed E-state index contributed by atoms with van der Waals surface area (Å²) in [5.41, 5.74) is 0.886. The molecule has 0 spiro atoms. The first-order valence-electron chi connectivity index (χ1n) is 7.59. The maximum Gasteiger partial charge on any atom is 0.138 e. The average molecular weight is 296 g/mol. The number of aliphatic hydroxyl groups excluding tert-OH is 1. The van der Waals surface area contributed by atoms with Crippen LogP contribution in [0.1, 0.15) is 43.8 Å². The van der Waals surface area contributed by atoms with Crippen molar-refractivity contribution in [2.24, 2.45) is 0 Å². The van der Waals surface area contributed by atoms with Crippen molar-refractivity contribution in [2.75, 3.05) is 19.6 Å². The lowest BCUT2D eigenvalue weighted by atomic mass is 10.1. The Bertz CT molecular complexity index is 456. The number of ether oxygens (including phenoxy) is 1. The summed E-state index contributed by atoms with van der Waals surface area (Å²) >= 11 is 6.23. The van der Waals surface area contributed by atoms with Gasteiger partial charge in [0.1, 0.15) is 5.75 Å². The van der Waals surface area contributed by atoms with E-state index in [4.69, 9.17) is 16.3 Å². The fourth-order valence-corrected chi connectivity index (χ4v) is 2.90. The number of rotatable bonds is 6. The number of likely N-dealkylation sites (tertiary alicyclic amines) is 1. The van der Waals surface area contributed by atoms with Crippen LogP contribution in [0.3, 0.4) is 0 Å². The maximum atomic E-state index is 10.3.